The minimum Gasteiger partial charge on any atom is -0.309 e. The number of hydrogen-bond acceptors (Lipinski definition) is 2. The number of anilines is 6. The fourth-order valence-electron chi connectivity index (χ4n) is 8.91. The van der Waals surface area contributed by atoms with E-state index in [1.807, 2.05) is 0 Å². The molecule has 0 aliphatic heterocycles. The third-order valence-electron chi connectivity index (χ3n) is 12.2. The Morgan fingerprint density at radius 3 is 1.02 bits per heavy atom. The smallest absolute Gasteiger partial charge is 0.0544 e. The lowest BCUT2D eigenvalue weighted by Gasteiger charge is -2.34. The Hall–Kier alpha value is -6.90. The molecule has 10 aromatic carbocycles. The van der Waals surface area contributed by atoms with E-state index in [-0.39, 0.29) is 10.8 Å². The zero-order chi connectivity index (χ0) is 41.2. The molecule has 0 bridgehead atoms. The molecule has 0 amide bonds. The number of benzene rings is 10. The number of rotatable bonds is 6. The van der Waals surface area contributed by atoms with E-state index < -0.39 is 0 Å². The maximum Gasteiger partial charge on any atom is 0.0544 e. The van der Waals surface area contributed by atoms with Crippen LogP contribution in [0.25, 0.3) is 53.9 Å². The van der Waals surface area contributed by atoms with Gasteiger partial charge in [-0.15, -0.1) is 0 Å². The molecular weight excluding hydrogens is 725 g/mol. The van der Waals surface area contributed by atoms with E-state index in [0.29, 0.717) is 0 Å². The topological polar surface area (TPSA) is 6.48 Å². The first-order valence-electron chi connectivity index (χ1n) is 21.2. The van der Waals surface area contributed by atoms with Gasteiger partial charge in [0.05, 0.1) is 22.7 Å². The van der Waals surface area contributed by atoms with Gasteiger partial charge in [-0.3, -0.25) is 0 Å². The Labute approximate surface area is 354 Å². The largest absolute Gasteiger partial charge is 0.309 e. The highest BCUT2D eigenvalue weighted by Gasteiger charge is 2.28. The molecule has 0 aromatic heterocycles. The van der Waals surface area contributed by atoms with E-state index in [1.54, 1.807) is 0 Å². The summed E-state index contributed by atoms with van der Waals surface area (Å²) >= 11 is 0. The monoisotopic (exact) mass is 774 g/mol. The molecule has 60 heavy (non-hydrogen) atoms. The van der Waals surface area contributed by atoms with Gasteiger partial charge in [0, 0.05) is 32.9 Å². The van der Waals surface area contributed by atoms with Crippen molar-refractivity contribution in [1.29, 1.82) is 0 Å². The molecule has 0 saturated carbocycles. The van der Waals surface area contributed by atoms with Crippen molar-refractivity contribution >= 4 is 88.0 Å². The molecule has 292 valence electrons. The Balaban J connectivity index is 1.37. The fraction of sp³-hybridized carbons (Fsp3) is 0.138. The second-order valence-corrected chi connectivity index (χ2v) is 18.3. The molecular formula is C58H50N2. The SMILES string of the molecule is CC(C)(C)c1cc(N(c2ccc3ccccc3c2)c2cccc3ccccc23)c2cc(C(C)(C)C)cc(N(c3ccc4ccccc4c3)c3cccc4ccccc34)c2c1. The Bertz CT molecular complexity index is 3020. The van der Waals surface area contributed by atoms with Gasteiger partial charge >= 0.3 is 0 Å². The van der Waals surface area contributed by atoms with Gasteiger partial charge < -0.3 is 9.80 Å². The van der Waals surface area contributed by atoms with Gasteiger partial charge in [-0.1, -0.05) is 175 Å². The summed E-state index contributed by atoms with van der Waals surface area (Å²) in [6, 6.07) is 72.1. The van der Waals surface area contributed by atoms with Crippen LogP contribution >= 0.6 is 0 Å². The minimum atomic E-state index is -0.149. The molecule has 2 nitrogen and oxygen atoms in total. The normalized spacial score (nSPS) is 12.2. The van der Waals surface area contributed by atoms with Crippen molar-refractivity contribution in [2.75, 3.05) is 9.80 Å². The molecule has 0 unspecified atom stereocenters. The van der Waals surface area contributed by atoms with Gasteiger partial charge in [0.1, 0.15) is 0 Å². The minimum absolute atomic E-state index is 0.149. The third-order valence-corrected chi connectivity index (χ3v) is 12.2. The lowest BCUT2D eigenvalue weighted by Crippen LogP contribution is -2.18. The standard InChI is InChI=1S/C58H50N2/c1-57(2,3)45-35-51-52(55(37-45)59(47-31-29-39-17-7-9-21-43(39)33-47)53-27-15-23-41-19-11-13-25-49(41)53)36-46(58(4,5)6)38-56(51)60(48-32-30-40-18-8-10-22-44(40)34-48)54-28-16-24-42-20-12-14-26-50(42)54/h7-38H,1-6H3. The van der Waals surface area contributed by atoms with Crippen LogP contribution in [0.15, 0.2) is 194 Å². The van der Waals surface area contributed by atoms with Crippen molar-refractivity contribution in [3.63, 3.8) is 0 Å². The lowest BCUT2D eigenvalue weighted by atomic mass is 9.81. The van der Waals surface area contributed by atoms with E-state index in [4.69, 9.17) is 0 Å². The maximum atomic E-state index is 2.53. The van der Waals surface area contributed by atoms with Crippen molar-refractivity contribution in [3.8, 4) is 0 Å². The Morgan fingerprint density at radius 1 is 0.267 bits per heavy atom. The van der Waals surface area contributed by atoms with E-state index >= 15 is 0 Å². The molecule has 0 atom stereocenters. The van der Waals surface area contributed by atoms with Gasteiger partial charge in [-0.2, -0.15) is 0 Å². The van der Waals surface area contributed by atoms with Crippen LogP contribution in [0, 0.1) is 0 Å². The first kappa shape index (κ1) is 37.4. The summed E-state index contributed by atoms with van der Waals surface area (Å²) in [7, 11) is 0. The highest BCUT2D eigenvalue weighted by atomic mass is 15.2. The van der Waals surface area contributed by atoms with Crippen LogP contribution in [0.3, 0.4) is 0 Å². The van der Waals surface area contributed by atoms with Crippen LogP contribution in [-0.2, 0) is 10.8 Å². The van der Waals surface area contributed by atoms with Crippen LogP contribution in [0.4, 0.5) is 34.1 Å². The average molecular weight is 775 g/mol. The predicted octanol–water partition coefficient (Wildman–Crippen LogP) is 17.0. The predicted molar refractivity (Wildman–Crippen MR) is 261 cm³/mol. The first-order chi connectivity index (χ1) is 29.0. The second kappa shape index (κ2) is 14.4. The van der Waals surface area contributed by atoms with Gasteiger partial charge in [0.2, 0.25) is 0 Å². The quantitative estimate of drug-likeness (QED) is 0.166. The summed E-state index contributed by atoms with van der Waals surface area (Å²) in [5.41, 5.74) is 9.13. The van der Waals surface area contributed by atoms with Gasteiger partial charge in [-0.05, 0) is 115 Å². The summed E-state index contributed by atoms with van der Waals surface area (Å²) in [4.78, 5) is 5.06. The van der Waals surface area contributed by atoms with Crippen LogP contribution in [0.1, 0.15) is 52.7 Å². The molecule has 0 heterocycles. The van der Waals surface area contributed by atoms with E-state index in [0.717, 1.165) is 34.1 Å². The molecule has 0 fully saturated rings. The summed E-state index contributed by atoms with van der Waals surface area (Å²) in [6.45, 7) is 14.0. The molecule has 0 radical (unpaired) electrons. The zero-order valence-electron chi connectivity index (χ0n) is 35.4. The van der Waals surface area contributed by atoms with Gasteiger partial charge in [-0.25, -0.2) is 0 Å². The van der Waals surface area contributed by atoms with Gasteiger partial charge in [0.25, 0.3) is 0 Å². The molecule has 0 aliphatic carbocycles. The van der Waals surface area contributed by atoms with E-state index in [1.165, 1.54) is 65.0 Å². The maximum absolute atomic E-state index is 2.53. The van der Waals surface area contributed by atoms with Crippen molar-refractivity contribution in [3.05, 3.63) is 205 Å². The van der Waals surface area contributed by atoms with Crippen molar-refractivity contribution in [2.45, 2.75) is 52.4 Å². The Kier molecular flexibility index (Phi) is 8.99. The van der Waals surface area contributed by atoms with E-state index in [9.17, 15) is 0 Å². The van der Waals surface area contributed by atoms with Gasteiger partial charge in [0.15, 0.2) is 0 Å². The number of fused-ring (bicyclic) bond motifs is 5. The molecule has 0 spiro atoms. The van der Waals surface area contributed by atoms with Crippen molar-refractivity contribution < 1.29 is 0 Å². The lowest BCUT2D eigenvalue weighted by molar-refractivity contribution is 0.589. The number of hydrogen-bond donors (Lipinski definition) is 0. The molecule has 0 N–H and O–H groups in total. The number of nitrogens with zero attached hydrogens (tertiary/aromatic N) is 2. The summed E-state index contributed by atoms with van der Waals surface area (Å²) in [5, 5.41) is 12.1. The molecule has 10 aromatic rings. The first-order valence-corrected chi connectivity index (χ1v) is 21.2. The fourth-order valence-corrected chi connectivity index (χ4v) is 8.91. The summed E-state index contributed by atoms with van der Waals surface area (Å²) in [6.07, 6.45) is 0. The highest BCUT2D eigenvalue weighted by Crippen LogP contribution is 2.50. The van der Waals surface area contributed by atoms with E-state index in [2.05, 4.69) is 245 Å². The third kappa shape index (κ3) is 6.63. The van der Waals surface area contributed by atoms with Crippen LogP contribution < -0.4 is 9.80 Å². The second-order valence-electron chi connectivity index (χ2n) is 18.3. The molecule has 2 heteroatoms. The van der Waals surface area contributed by atoms with Crippen molar-refractivity contribution in [2.24, 2.45) is 0 Å². The summed E-state index contributed by atoms with van der Waals surface area (Å²) in [5.74, 6) is 0. The van der Waals surface area contributed by atoms with Crippen LogP contribution in [0.5, 0.6) is 0 Å². The molecule has 0 aliphatic rings. The van der Waals surface area contributed by atoms with Crippen LogP contribution in [0.2, 0.25) is 0 Å². The summed E-state index contributed by atoms with van der Waals surface area (Å²) < 4.78 is 0. The average Bonchev–Trinajstić information content (AvgIpc) is 3.26. The van der Waals surface area contributed by atoms with Crippen LogP contribution in [-0.4, -0.2) is 0 Å². The highest BCUT2D eigenvalue weighted by molar-refractivity contribution is 6.12. The molecule has 0 saturated heterocycles. The van der Waals surface area contributed by atoms with Crippen molar-refractivity contribution in [1.82, 2.24) is 0 Å². The Morgan fingerprint density at radius 2 is 0.617 bits per heavy atom. The zero-order valence-corrected chi connectivity index (χ0v) is 35.4. The molecule has 10 rings (SSSR count).